The van der Waals surface area contributed by atoms with Crippen LogP contribution in [0.25, 0.3) is 0 Å². The van der Waals surface area contributed by atoms with Crippen molar-refractivity contribution < 1.29 is 4.79 Å². The molecule has 14 heavy (non-hydrogen) atoms. The molecule has 1 N–H and O–H groups in total. The molecule has 5 heteroatoms. The lowest BCUT2D eigenvalue weighted by Gasteiger charge is -2.16. The predicted octanol–water partition coefficient (Wildman–Crippen LogP) is 0.641. The minimum Gasteiger partial charge on any atom is -0.340 e. The third-order valence-corrected chi connectivity index (χ3v) is 1.86. The highest BCUT2D eigenvalue weighted by Gasteiger charge is 2.14. The number of nitrogens with zero attached hydrogens (tertiary/aromatic N) is 3. The number of H-pyrrole nitrogens is 1. The molecule has 1 aromatic heterocycles. The van der Waals surface area contributed by atoms with E-state index in [0.29, 0.717) is 12.1 Å². The molecule has 0 aromatic carbocycles. The Kier molecular flexibility index (Phi) is 3.24. The van der Waals surface area contributed by atoms with E-state index < -0.39 is 0 Å². The molecule has 0 aliphatic heterocycles. The number of nitriles is 1. The topological polar surface area (TPSA) is 72.8 Å². The molecule has 0 aliphatic carbocycles. The van der Waals surface area contributed by atoms with Crippen LogP contribution < -0.4 is 0 Å². The van der Waals surface area contributed by atoms with Crippen LogP contribution in [0.1, 0.15) is 17.3 Å². The van der Waals surface area contributed by atoms with Crippen molar-refractivity contribution in [2.45, 2.75) is 6.92 Å². The molecule has 1 heterocycles. The smallest absolute Gasteiger partial charge is 0.256 e. The van der Waals surface area contributed by atoms with Crippen molar-refractivity contribution >= 4 is 5.91 Å². The molecule has 74 valence electrons. The average molecular weight is 192 g/mol. The summed E-state index contributed by atoms with van der Waals surface area (Å²) in [4.78, 5) is 13.1. The fraction of sp³-hybridized carbons (Fsp3) is 0.444. The van der Waals surface area contributed by atoms with E-state index in [1.165, 1.54) is 17.3 Å². The van der Waals surface area contributed by atoms with E-state index in [1.807, 2.05) is 0 Å². The monoisotopic (exact) mass is 192 g/mol. The summed E-state index contributed by atoms with van der Waals surface area (Å²) in [7, 11) is 1.67. The van der Waals surface area contributed by atoms with Crippen molar-refractivity contribution in [2.75, 3.05) is 13.6 Å². The van der Waals surface area contributed by atoms with E-state index >= 15 is 0 Å². The number of carbonyl (C=O) groups is 1. The van der Waals surface area contributed by atoms with E-state index in [9.17, 15) is 4.79 Å². The van der Waals surface area contributed by atoms with Gasteiger partial charge in [-0.2, -0.15) is 10.4 Å². The SMILES string of the molecule is CC(C#N)CN(C)C(=O)c1cn[nH]c1. The zero-order valence-corrected chi connectivity index (χ0v) is 8.19. The molecular weight excluding hydrogens is 180 g/mol. The van der Waals surface area contributed by atoms with Gasteiger partial charge < -0.3 is 4.90 Å². The summed E-state index contributed by atoms with van der Waals surface area (Å²) >= 11 is 0. The van der Waals surface area contributed by atoms with Gasteiger partial charge in [-0.25, -0.2) is 0 Å². The zero-order chi connectivity index (χ0) is 10.6. The first-order chi connectivity index (χ1) is 6.65. The van der Waals surface area contributed by atoms with Crippen LogP contribution in [0, 0.1) is 17.2 Å². The van der Waals surface area contributed by atoms with Gasteiger partial charge in [0.25, 0.3) is 5.91 Å². The Morgan fingerprint density at radius 3 is 3.07 bits per heavy atom. The van der Waals surface area contributed by atoms with Crippen LogP contribution in [0.15, 0.2) is 12.4 Å². The predicted molar refractivity (Wildman–Crippen MR) is 50.3 cm³/mol. The van der Waals surface area contributed by atoms with Crippen molar-refractivity contribution in [3.63, 3.8) is 0 Å². The Hall–Kier alpha value is -1.83. The minimum absolute atomic E-state index is 0.124. The molecule has 1 rings (SSSR count). The molecule has 1 atom stereocenters. The number of nitrogens with one attached hydrogen (secondary N) is 1. The number of aromatic amines is 1. The van der Waals surface area contributed by atoms with Gasteiger partial charge in [-0.3, -0.25) is 9.89 Å². The van der Waals surface area contributed by atoms with Crippen molar-refractivity contribution in [1.82, 2.24) is 15.1 Å². The summed E-state index contributed by atoms with van der Waals surface area (Å²) in [5.41, 5.74) is 0.512. The molecule has 0 saturated carbocycles. The number of rotatable bonds is 3. The molecule has 0 bridgehead atoms. The van der Waals surface area contributed by atoms with Crippen LogP contribution in [0.4, 0.5) is 0 Å². The molecule has 0 radical (unpaired) electrons. The standard InChI is InChI=1S/C9H12N4O/c1-7(3-10)6-13(2)9(14)8-4-11-12-5-8/h4-5,7H,6H2,1-2H3,(H,11,12). The number of amides is 1. The van der Waals surface area contributed by atoms with Crippen LogP contribution >= 0.6 is 0 Å². The quantitative estimate of drug-likeness (QED) is 0.763. The Labute approximate surface area is 82.3 Å². The molecular formula is C9H12N4O. The molecule has 0 aliphatic rings. The molecule has 1 amide bonds. The maximum Gasteiger partial charge on any atom is 0.256 e. The zero-order valence-electron chi connectivity index (χ0n) is 8.19. The van der Waals surface area contributed by atoms with Gasteiger partial charge in [0, 0.05) is 19.8 Å². The van der Waals surface area contributed by atoms with Gasteiger partial charge in [-0.05, 0) is 6.92 Å². The normalized spacial score (nSPS) is 11.8. The van der Waals surface area contributed by atoms with Crippen molar-refractivity contribution in [1.29, 1.82) is 5.26 Å². The number of hydrogen-bond donors (Lipinski definition) is 1. The summed E-state index contributed by atoms with van der Waals surface area (Å²) in [6, 6.07) is 2.08. The number of aromatic nitrogens is 2. The number of hydrogen-bond acceptors (Lipinski definition) is 3. The van der Waals surface area contributed by atoms with Crippen LogP contribution in [-0.2, 0) is 0 Å². The van der Waals surface area contributed by atoms with E-state index in [-0.39, 0.29) is 11.8 Å². The fourth-order valence-corrected chi connectivity index (χ4v) is 1.12. The Morgan fingerprint density at radius 1 is 1.86 bits per heavy atom. The fourth-order valence-electron chi connectivity index (χ4n) is 1.12. The van der Waals surface area contributed by atoms with Crippen LogP contribution in [0.3, 0.4) is 0 Å². The van der Waals surface area contributed by atoms with Gasteiger partial charge >= 0.3 is 0 Å². The molecule has 1 aromatic rings. The highest BCUT2D eigenvalue weighted by atomic mass is 16.2. The van der Waals surface area contributed by atoms with E-state index in [1.54, 1.807) is 14.0 Å². The van der Waals surface area contributed by atoms with Gasteiger partial charge in [0.2, 0.25) is 0 Å². The molecule has 1 unspecified atom stereocenters. The first kappa shape index (κ1) is 10.3. The largest absolute Gasteiger partial charge is 0.340 e. The van der Waals surface area contributed by atoms with Crippen LogP contribution in [-0.4, -0.2) is 34.6 Å². The first-order valence-corrected chi connectivity index (χ1v) is 4.29. The Morgan fingerprint density at radius 2 is 2.57 bits per heavy atom. The highest BCUT2D eigenvalue weighted by Crippen LogP contribution is 2.03. The maximum absolute atomic E-state index is 11.6. The Bertz CT molecular complexity index is 338. The average Bonchev–Trinajstić information content (AvgIpc) is 2.69. The van der Waals surface area contributed by atoms with Gasteiger partial charge in [0.05, 0.1) is 23.7 Å². The second kappa shape index (κ2) is 4.42. The summed E-state index contributed by atoms with van der Waals surface area (Å²) in [5.74, 6) is -0.281. The van der Waals surface area contributed by atoms with Crippen molar-refractivity contribution in [3.05, 3.63) is 18.0 Å². The van der Waals surface area contributed by atoms with E-state index in [0.717, 1.165) is 0 Å². The number of carbonyl (C=O) groups excluding carboxylic acids is 1. The maximum atomic E-state index is 11.6. The van der Waals surface area contributed by atoms with Crippen molar-refractivity contribution in [3.8, 4) is 6.07 Å². The lowest BCUT2D eigenvalue weighted by atomic mass is 10.2. The van der Waals surface area contributed by atoms with Gasteiger partial charge in [-0.1, -0.05) is 0 Å². The summed E-state index contributed by atoms with van der Waals surface area (Å²) in [5, 5.41) is 14.8. The van der Waals surface area contributed by atoms with Gasteiger partial charge in [0.1, 0.15) is 0 Å². The summed E-state index contributed by atoms with van der Waals surface area (Å²) in [6.07, 6.45) is 3.01. The first-order valence-electron chi connectivity index (χ1n) is 4.29. The molecule has 5 nitrogen and oxygen atoms in total. The van der Waals surface area contributed by atoms with E-state index in [2.05, 4.69) is 16.3 Å². The Balaban J connectivity index is 2.59. The van der Waals surface area contributed by atoms with Crippen LogP contribution in [0.5, 0.6) is 0 Å². The second-order valence-electron chi connectivity index (χ2n) is 3.20. The summed E-state index contributed by atoms with van der Waals surface area (Å²) < 4.78 is 0. The third kappa shape index (κ3) is 2.33. The van der Waals surface area contributed by atoms with Gasteiger partial charge in [-0.15, -0.1) is 0 Å². The highest BCUT2D eigenvalue weighted by molar-refractivity contribution is 5.93. The van der Waals surface area contributed by atoms with Crippen molar-refractivity contribution in [2.24, 2.45) is 5.92 Å². The van der Waals surface area contributed by atoms with E-state index in [4.69, 9.17) is 5.26 Å². The second-order valence-corrected chi connectivity index (χ2v) is 3.20. The summed E-state index contributed by atoms with van der Waals surface area (Å²) in [6.45, 7) is 2.21. The molecule has 0 saturated heterocycles. The molecule has 0 spiro atoms. The minimum atomic E-state index is -0.157. The van der Waals surface area contributed by atoms with Crippen LogP contribution in [0.2, 0.25) is 0 Å². The third-order valence-electron chi connectivity index (χ3n) is 1.86. The lowest BCUT2D eigenvalue weighted by molar-refractivity contribution is 0.0785. The molecule has 0 fully saturated rings. The lowest BCUT2D eigenvalue weighted by Crippen LogP contribution is -2.30. The van der Waals surface area contributed by atoms with Gasteiger partial charge in [0.15, 0.2) is 0 Å².